The Morgan fingerprint density at radius 3 is 2.61 bits per heavy atom. The molecule has 0 aromatic rings. The van der Waals surface area contributed by atoms with E-state index < -0.39 is 22.8 Å². The normalized spacial score (nSPS) is 31.2. The monoisotopic (exact) mass is 316 g/mol. The van der Waals surface area contributed by atoms with E-state index in [4.69, 9.17) is 6.42 Å². The van der Waals surface area contributed by atoms with E-state index in [0.717, 1.165) is 17.7 Å². The molecular formula is C17H20N2O4. The third kappa shape index (κ3) is 2.14. The number of carboxylic acid groups (broad SMARTS) is 1. The summed E-state index contributed by atoms with van der Waals surface area (Å²) in [5.74, 6) is 0.842. The van der Waals surface area contributed by atoms with Crippen LogP contribution in [0.3, 0.4) is 0 Å². The SMILES string of the molecule is C#CCN1CC(=O)N(C[C@@]2(C(=O)O)[C@H](C=C3CC3)C2(C)C)C1=O. The number of carbonyl (C=O) groups excluding carboxylic acids is 2. The highest BCUT2D eigenvalue weighted by molar-refractivity contribution is 6.02. The van der Waals surface area contributed by atoms with Crippen molar-refractivity contribution in [1.29, 1.82) is 0 Å². The first kappa shape index (κ1) is 15.6. The van der Waals surface area contributed by atoms with E-state index in [1.807, 2.05) is 19.9 Å². The van der Waals surface area contributed by atoms with Crippen molar-refractivity contribution in [3.63, 3.8) is 0 Å². The van der Waals surface area contributed by atoms with Crippen LogP contribution in [-0.4, -0.2) is 52.4 Å². The largest absolute Gasteiger partial charge is 0.481 e. The fourth-order valence-electron chi connectivity index (χ4n) is 3.73. The number of hydrogen-bond acceptors (Lipinski definition) is 3. The number of nitrogens with zero attached hydrogens (tertiary/aromatic N) is 2. The zero-order chi connectivity index (χ0) is 17.0. The quantitative estimate of drug-likeness (QED) is 0.471. The summed E-state index contributed by atoms with van der Waals surface area (Å²) >= 11 is 0. The molecule has 1 heterocycles. The van der Waals surface area contributed by atoms with Gasteiger partial charge in [-0.3, -0.25) is 14.5 Å². The Kier molecular flexibility index (Phi) is 3.29. The number of imide groups is 1. The summed E-state index contributed by atoms with van der Waals surface area (Å²) in [6.45, 7) is 3.65. The molecule has 2 atom stereocenters. The molecular weight excluding hydrogens is 296 g/mol. The summed E-state index contributed by atoms with van der Waals surface area (Å²) in [6, 6.07) is -0.492. The van der Waals surface area contributed by atoms with Crippen molar-refractivity contribution >= 4 is 17.9 Å². The molecule has 0 aromatic carbocycles. The Bertz CT molecular complexity index is 667. The Balaban J connectivity index is 1.86. The maximum absolute atomic E-state index is 12.3. The van der Waals surface area contributed by atoms with Crippen LogP contribution in [0.2, 0.25) is 0 Å². The second-order valence-electron chi connectivity index (χ2n) is 7.12. The third-order valence-corrected chi connectivity index (χ3v) is 5.52. The number of urea groups is 1. The minimum atomic E-state index is -1.11. The number of rotatable bonds is 5. The van der Waals surface area contributed by atoms with Gasteiger partial charge in [-0.05, 0) is 18.3 Å². The smallest absolute Gasteiger partial charge is 0.328 e. The molecule has 0 spiro atoms. The average Bonchev–Trinajstić information content (AvgIpc) is 3.33. The number of terminal acetylenes is 1. The molecule has 0 aromatic heterocycles. The van der Waals surface area contributed by atoms with Crippen molar-refractivity contribution in [1.82, 2.24) is 9.80 Å². The predicted octanol–water partition coefficient (Wildman–Crippen LogP) is 1.33. The fraction of sp³-hybridized carbons (Fsp3) is 0.588. The zero-order valence-corrected chi connectivity index (χ0v) is 13.3. The third-order valence-electron chi connectivity index (χ3n) is 5.52. The summed E-state index contributed by atoms with van der Waals surface area (Å²) < 4.78 is 0. The number of hydrogen-bond donors (Lipinski definition) is 1. The summed E-state index contributed by atoms with van der Waals surface area (Å²) in [4.78, 5) is 38.8. The molecule has 0 unspecified atom stereocenters. The van der Waals surface area contributed by atoms with E-state index in [0.29, 0.717) is 0 Å². The lowest BCUT2D eigenvalue weighted by atomic mass is 9.95. The standard InChI is InChI=1S/C17H20N2O4/c1-4-7-18-9-13(20)19(15(18)23)10-17(14(21)22)12(16(17,2)3)8-11-5-6-11/h1,8,12H,5-7,9-10H2,2-3H3,(H,21,22)/t12-,17+/m1/s1. The van der Waals surface area contributed by atoms with Gasteiger partial charge in [-0.15, -0.1) is 6.42 Å². The van der Waals surface area contributed by atoms with Gasteiger partial charge in [0, 0.05) is 12.5 Å². The minimum absolute atomic E-state index is 0.0536. The van der Waals surface area contributed by atoms with Crippen molar-refractivity contribution in [2.45, 2.75) is 26.7 Å². The lowest BCUT2D eigenvalue weighted by Gasteiger charge is -2.22. The first-order valence-electron chi connectivity index (χ1n) is 7.71. The lowest BCUT2D eigenvalue weighted by molar-refractivity contribution is -0.146. The summed E-state index contributed by atoms with van der Waals surface area (Å²) in [5, 5.41) is 9.82. The first-order valence-corrected chi connectivity index (χ1v) is 7.71. The van der Waals surface area contributed by atoms with E-state index in [1.165, 1.54) is 10.5 Å². The Morgan fingerprint density at radius 1 is 1.43 bits per heavy atom. The van der Waals surface area contributed by atoms with Crippen molar-refractivity contribution in [3.05, 3.63) is 11.6 Å². The molecule has 122 valence electrons. The van der Waals surface area contributed by atoms with Crippen LogP contribution in [-0.2, 0) is 9.59 Å². The maximum atomic E-state index is 12.3. The van der Waals surface area contributed by atoms with Gasteiger partial charge in [0.25, 0.3) is 0 Å². The Hall–Kier alpha value is -2.29. The molecule has 1 N–H and O–H groups in total. The maximum Gasteiger partial charge on any atom is 0.328 e. The van der Waals surface area contributed by atoms with Gasteiger partial charge < -0.3 is 10.0 Å². The molecule has 1 aliphatic heterocycles. The topological polar surface area (TPSA) is 77.9 Å². The number of carboxylic acids is 1. The van der Waals surface area contributed by atoms with Crippen molar-refractivity contribution in [2.75, 3.05) is 19.6 Å². The second-order valence-corrected chi connectivity index (χ2v) is 7.12. The minimum Gasteiger partial charge on any atom is -0.481 e. The van der Waals surface area contributed by atoms with Gasteiger partial charge in [0.05, 0.1) is 12.0 Å². The van der Waals surface area contributed by atoms with Gasteiger partial charge in [-0.25, -0.2) is 4.79 Å². The van der Waals surface area contributed by atoms with E-state index >= 15 is 0 Å². The Morgan fingerprint density at radius 2 is 2.09 bits per heavy atom. The average molecular weight is 316 g/mol. The molecule has 6 nitrogen and oxygen atoms in total. The second kappa shape index (κ2) is 4.85. The van der Waals surface area contributed by atoms with Gasteiger partial charge in [0.2, 0.25) is 5.91 Å². The van der Waals surface area contributed by atoms with Gasteiger partial charge in [-0.1, -0.05) is 31.4 Å². The van der Waals surface area contributed by atoms with E-state index in [9.17, 15) is 19.5 Å². The van der Waals surface area contributed by atoms with Crippen LogP contribution in [0.5, 0.6) is 0 Å². The molecule has 3 fully saturated rings. The highest BCUT2D eigenvalue weighted by Crippen LogP contribution is 2.70. The first-order chi connectivity index (χ1) is 10.8. The van der Waals surface area contributed by atoms with Gasteiger partial charge >= 0.3 is 12.0 Å². The zero-order valence-electron chi connectivity index (χ0n) is 13.3. The number of carbonyl (C=O) groups is 3. The fourth-order valence-corrected chi connectivity index (χ4v) is 3.73. The molecule has 3 rings (SSSR count). The summed E-state index contributed by atoms with van der Waals surface area (Å²) in [7, 11) is 0. The van der Waals surface area contributed by atoms with Crippen LogP contribution in [0.25, 0.3) is 0 Å². The van der Waals surface area contributed by atoms with Crippen LogP contribution in [0.4, 0.5) is 4.79 Å². The van der Waals surface area contributed by atoms with E-state index in [2.05, 4.69) is 5.92 Å². The van der Waals surface area contributed by atoms with Crippen LogP contribution in [0.1, 0.15) is 26.7 Å². The van der Waals surface area contributed by atoms with Crippen LogP contribution in [0, 0.1) is 29.1 Å². The summed E-state index contributed by atoms with van der Waals surface area (Å²) in [5.41, 5.74) is -0.339. The molecule has 3 amide bonds. The van der Waals surface area contributed by atoms with Crippen LogP contribution in [0.15, 0.2) is 11.6 Å². The van der Waals surface area contributed by atoms with Gasteiger partial charge in [0.1, 0.15) is 6.54 Å². The molecule has 1 saturated heterocycles. The molecule has 2 saturated carbocycles. The van der Waals surface area contributed by atoms with Crippen LogP contribution < -0.4 is 0 Å². The van der Waals surface area contributed by atoms with Crippen molar-refractivity contribution in [3.8, 4) is 12.3 Å². The Labute approximate surface area is 135 Å². The highest BCUT2D eigenvalue weighted by Gasteiger charge is 2.76. The molecule has 2 aliphatic carbocycles. The molecule has 3 aliphatic rings. The van der Waals surface area contributed by atoms with Crippen molar-refractivity contribution in [2.24, 2.45) is 16.7 Å². The summed E-state index contributed by atoms with van der Waals surface area (Å²) in [6.07, 6.45) is 9.25. The van der Waals surface area contributed by atoms with Gasteiger partial charge in [0.15, 0.2) is 0 Å². The van der Waals surface area contributed by atoms with E-state index in [-0.39, 0.29) is 31.5 Å². The van der Waals surface area contributed by atoms with E-state index in [1.54, 1.807) is 0 Å². The van der Waals surface area contributed by atoms with Crippen LogP contribution >= 0.6 is 0 Å². The molecule has 6 heteroatoms. The number of aliphatic carboxylic acids is 1. The molecule has 23 heavy (non-hydrogen) atoms. The van der Waals surface area contributed by atoms with Gasteiger partial charge in [-0.2, -0.15) is 0 Å². The number of amides is 3. The highest BCUT2D eigenvalue weighted by atomic mass is 16.4. The van der Waals surface area contributed by atoms with Crippen molar-refractivity contribution < 1.29 is 19.5 Å². The lowest BCUT2D eigenvalue weighted by Crippen LogP contribution is -2.42. The number of allylic oxidation sites excluding steroid dienone is 2. The molecule has 0 bridgehead atoms. The molecule has 0 radical (unpaired) electrons. The predicted molar refractivity (Wildman–Crippen MR) is 82.2 cm³/mol.